The molecule has 4 nitrogen and oxygen atoms in total. The van der Waals surface area contributed by atoms with Crippen LogP contribution in [0, 0.1) is 5.92 Å². The Morgan fingerprint density at radius 2 is 1.89 bits per heavy atom. The lowest BCUT2D eigenvalue weighted by molar-refractivity contribution is 0.101. The molecular formula is C14H19NO3S. The van der Waals surface area contributed by atoms with E-state index in [1.54, 1.807) is 12.1 Å². The number of nitrogens with one attached hydrogen (secondary N) is 1. The molecule has 1 aliphatic carbocycles. The highest BCUT2D eigenvalue weighted by Gasteiger charge is 2.26. The van der Waals surface area contributed by atoms with E-state index >= 15 is 0 Å². The molecule has 1 saturated carbocycles. The maximum absolute atomic E-state index is 12.1. The lowest BCUT2D eigenvalue weighted by Crippen LogP contribution is -2.32. The van der Waals surface area contributed by atoms with E-state index in [0.29, 0.717) is 11.5 Å². The molecule has 2 rings (SSSR count). The predicted octanol–water partition coefficient (Wildman–Crippen LogP) is 2.36. The summed E-state index contributed by atoms with van der Waals surface area (Å²) < 4.78 is 26.9. The van der Waals surface area contributed by atoms with Crippen molar-refractivity contribution in [2.45, 2.75) is 44.0 Å². The van der Waals surface area contributed by atoms with Crippen LogP contribution in [0.25, 0.3) is 0 Å². The first kappa shape index (κ1) is 14.2. The average molecular weight is 281 g/mol. The van der Waals surface area contributed by atoms with E-state index in [1.165, 1.54) is 31.9 Å². The van der Waals surface area contributed by atoms with Gasteiger partial charge >= 0.3 is 0 Å². The number of carbonyl (C=O) groups excluding carboxylic acids is 1. The van der Waals surface area contributed by atoms with Crippen LogP contribution in [-0.4, -0.2) is 20.2 Å². The van der Waals surface area contributed by atoms with Crippen molar-refractivity contribution in [1.82, 2.24) is 4.72 Å². The topological polar surface area (TPSA) is 63.2 Å². The van der Waals surface area contributed by atoms with E-state index < -0.39 is 10.0 Å². The van der Waals surface area contributed by atoms with Crippen LogP contribution in [0.1, 0.15) is 43.5 Å². The van der Waals surface area contributed by atoms with Gasteiger partial charge in [-0.25, -0.2) is 13.1 Å². The Morgan fingerprint density at radius 3 is 2.37 bits per heavy atom. The normalized spacial score (nSPS) is 17.2. The number of benzene rings is 1. The quantitative estimate of drug-likeness (QED) is 0.814. The van der Waals surface area contributed by atoms with Gasteiger partial charge in [0.15, 0.2) is 5.78 Å². The fourth-order valence-electron chi connectivity index (χ4n) is 2.10. The number of carbonyl (C=O) groups is 1. The van der Waals surface area contributed by atoms with E-state index in [1.807, 2.05) is 6.92 Å². The standard InChI is InChI=1S/C14H19NO3S/c1-10(9-12-3-4-12)15-19(17,18)14-7-5-13(6-8-14)11(2)16/h5-8,10,12,15H,3-4,9H2,1-2H3. The Labute approximate surface area is 114 Å². The second-order valence-electron chi connectivity index (χ2n) is 5.28. The fraction of sp³-hybridized carbons (Fsp3) is 0.500. The van der Waals surface area contributed by atoms with E-state index in [4.69, 9.17) is 0 Å². The largest absolute Gasteiger partial charge is 0.295 e. The van der Waals surface area contributed by atoms with Gasteiger partial charge in [-0.3, -0.25) is 4.79 Å². The molecule has 0 saturated heterocycles. The summed E-state index contributed by atoms with van der Waals surface area (Å²) in [6, 6.07) is 5.99. The Balaban J connectivity index is 2.07. The molecule has 1 aromatic carbocycles. The second kappa shape index (κ2) is 5.43. The second-order valence-corrected chi connectivity index (χ2v) is 7.00. The first-order valence-electron chi connectivity index (χ1n) is 6.52. The molecule has 0 aromatic heterocycles. The van der Waals surface area contributed by atoms with E-state index in [-0.39, 0.29) is 16.7 Å². The van der Waals surface area contributed by atoms with Gasteiger partial charge in [0.1, 0.15) is 0 Å². The maximum atomic E-state index is 12.1. The molecule has 0 amide bonds. The molecule has 19 heavy (non-hydrogen) atoms. The van der Waals surface area contributed by atoms with Crippen LogP contribution in [0.3, 0.4) is 0 Å². The van der Waals surface area contributed by atoms with Crippen LogP contribution in [0.5, 0.6) is 0 Å². The third-order valence-corrected chi connectivity index (χ3v) is 4.92. The lowest BCUT2D eigenvalue weighted by Gasteiger charge is -2.13. The Bertz CT molecular complexity index is 559. The van der Waals surface area contributed by atoms with Gasteiger partial charge in [-0.15, -0.1) is 0 Å². The van der Waals surface area contributed by atoms with Crippen molar-refractivity contribution < 1.29 is 13.2 Å². The molecule has 0 bridgehead atoms. The molecule has 1 aliphatic rings. The Kier molecular flexibility index (Phi) is 4.06. The summed E-state index contributed by atoms with van der Waals surface area (Å²) in [5, 5.41) is 0. The van der Waals surface area contributed by atoms with Gasteiger partial charge in [-0.1, -0.05) is 25.0 Å². The first-order valence-corrected chi connectivity index (χ1v) is 8.00. The Morgan fingerprint density at radius 1 is 1.32 bits per heavy atom. The SMILES string of the molecule is CC(=O)c1ccc(S(=O)(=O)NC(C)CC2CC2)cc1. The third-order valence-electron chi connectivity index (χ3n) is 3.31. The van der Waals surface area contributed by atoms with Crippen molar-refractivity contribution in [2.24, 2.45) is 5.92 Å². The first-order chi connectivity index (χ1) is 8.88. The fourth-order valence-corrected chi connectivity index (χ4v) is 3.36. The van der Waals surface area contributed by atoms with E-state index in [2.05, 4.69) is 4.72 Å². The van der Waals surface area contributed by atoms with Crippen LogP contribution in [-0.2, 0) is 10.0 Å². The summed E-state index contributed by atoms with van der Waals surface area (Å²) in [6.07, 6.45) is 3.31. The van der Waals surface area contributed by atoms with Crippen LogP contribution in [0.15, 0.2) is 29.2 Å². The van der Waals surface area contributed by atoms with Crippen LogP contribution in [0.2, 0.25) is 0 Å². The molecule has 0 aliphatic heterocycles. The number of hydrogen-bond acceptors (Lipinski definition) is 3. The highest BCUT2D eigenvalue weighted by molar-refractivity contribution is 7.89. The van der Waals surface area contributed by atoms with Crippen molar-refractivity contribution in [3.63, 3.8) is 0 Å². The molecule has 104 valence electrons. The molecule has 0 heterocycles. The summed E-state index contributed by atoms with van der Waals surface area (Å²) >= 11 is 0. The third kappa shape index (κ3) is 3.88. The zero-order valence-electron chi connectivity index (χ0n) is 11.2. The van der Waals surface area contributed by atoms with Crippen molar-refractivity contribution in [3.8, 4) is 0 Å². The van der Waals surface area contributed by atoms with E-state index in [9.17, 15) is 13.2 Å². The van der Waals surface area contributed by atoms with Crippen LogP contribution < -0.4 is 4.72 Å². The van der Waals surface area contributed by atoms with Crippen molar-refractivity contribution in [2.75, 3.05) is 0 Å². The predicted molar refractivity (Wildman–Crippen MR) is 73.6 cm³/mol. The lowest BCUT2D eigenvalue weighted by atomic mass is 10.2. The van der Waals surface area contributed by atoms with Gasteiger partial charge in [-0.05, 0) is 38.3 Å². The maximum Gasteiger partial charge on any atom is 0.240 e. The number of Topliss-reactive ketones (excluding diaryl/α,β-unsaturated/α-hetero) is 1. The molecule has 1 aromatic rings. The van der Waals surface area contributed by atoms with Gasteiger partial charge in [0.2, 0.25) is 10.0 Å². The van der Waals surface area contributed by atoms with Crippen molar-refractivity contribution >= 4 is 15.8 Å². The van der Waals surface area contributed by atoms with Gasteiger partial charge in [-0.2, -0.15) is 0 Å². The molecule has 0 spiro atoms. The highest BCUT2D eigenvalue weighted by Crippen LogP contribution is 2.33. The zero-order valence-corrected chi connectivity index (χ0v) is 12.0. The summed E-state index contributed by atoms with van der Waals surface area (Å²) in [6.45, 7) is 3.35. The van der Waals surface area contributed by atoms with Crippen molar-refractivity contribution in [3.05, 3.63) is 29.8 Å². The monoisotopic (exact) mass is 281 g/mol. The minimum atomic E-state index is -3.48. The number of sulfonamides is 1. The molecule has 5 heteroatoms. The van der Waals surface area contributed by atoms with Gasteiger partial charge < -0.3 is 0 Å². The number of hydrogen-bond donors (Lipinski definition) is 1. The molecule has 1 N–H and O–H groups in total. The van der Waals surface area contributed by atoms with Gasteiger partial charge in [0, 0.05) is 11.6 Å². The summed E-state index contributed by atoms with van der Waals surface area (Å²) in [4.78, 5) is 11.4. The zero-order chi connectivity index (χ0) is 14.0. The molecule has 1 atom stereocenters. The number of rotatable bonds is 6. The summed E-state index contributed by atoms with van der Waals surface area (Å²) in [5.74, 6) is 0.608. The summed E-state index contributed by atoms with van der Waals surface area (Å²) in [7, 11) is -3.48. The highest BCUT2D eigenvalue weighted by atomic mass is 32.2. The van der Waals surface area contributed by atoms with Crippen LogP contribution >= 0.6 is 0 Å². The number of ketones is 1. The minimum Gasteiger partial charge on any atom is -0.295 e. The smallest absolute Gasteiger partial charge is 0.240 e. The molecular weight excluding hydrogens is 262 g/mol. The minimum absolute atomic E-state index is 0.0509. The van der Waals surface area contributed by atoms with E-state index in [0.717, 1.165) is 6.42 Å². The Hall–Kier alpha value is -1.20. The molecule has 1 unspecified atom stereocenters. The van der Waals surface area contributed by atoms with Gasteiger partial charge in [0.25, 0.3) is 0 Å². The van der Waals surface area contributed by atoms with Crippen LogP contribution in [0.4, 0.5) is 0 Å². The molecule has 0 radical (unpaired) electrons. The summed E-state index contributed by atoms with van der Waals surface area (Å²) in [5.41, 5.74) is 0.518. The molecule has 1 fully saturated rings. The van der Waals surface area contributed by atoms with Crippen molar-refractivity contribution in [1.29, 1.82) is 0 Å². The average Bonchev–Trinajstić information content (AvgIpc) is 3.12. The van der Waals surface area contributed by atoms with Gasteiger partial charge in [0.05, 0.1) is 4.90 Å².